The number of aromatic nitrogens is 3. The number of urea groups is 1. The van der Waals surface area contributed by atoms with Crippen LogP contribution in [-0.4, -0.2) is 32.6 Å². The number of phenolic OH excluding ortho intramolecular Hbond substituents is 1. The maximum Gasteiger partial charge on any atom is 0.320 e. The Bertz CT molecular complexity index is 1180. The van der Waals surface area contributed by atoms with Crippen LogP contribution in [0.2, 0.25) is 0 Å². The van der Waals surface area contributed by atoms with Crippen molar-refractivity contribution in [3.05, 3.63) is 72.9 Å². The Morgan fingerprint density at radius 1 is 1.00 bits per heavy atom. The smallest absolute Gasteiger partial charge is 0.320 e. The van der Waals surface area contributed by atoms with Crippen LogP contribution in [0.25, 0.3) is 11.2 Å². The highest BCUT2D eigenvalue weighted by Gasteiger charge is 2.16. The lowest BCUT2D eigenvalue weighted by Gasteiger charge is -2.24. The van der Waals surface area contributed by atoms with Crippen LogP contribution in [0, 0.1) is 0 Å². The van der Waals surface area contributed by atoms with E-state index in [1.165, 1.54) is 0 Å². The number of carbonyl (C=O) groups excluding carboxylic acids is 1. The minimum absolute atomic E-state index is 0.147. The number of rotatable bonds is 5. The van der Waals surface area contributed by atoms with Crippen LogP contribution in [0.1, 0.15) is 6.92 Å². The van der Waals surface area contributed by atoms with Crippen molar-refractivity contribution in [3.63, 3.8) is 0 Å². The van der Waals surface area contributed by atoms with Crippen LogP contribution in [-0.2, 0) is 0 Å². The van der Waals surface area contributed by atoms with E-state index in [4.69, 9.17) is 0 Å². The van der Waals surface area contributed by atoms with E-state index in [1.54, 1.807) is 36.5 Å². The highest BCUT2D eigenvalue weighted by molar-refractivity contribution is 5.89. The molecule has 3 N–H and O–H groups in total. The van der Waals surface area contributed by atoms with E-state index in [0.29, 0.717) is 29.3 Å². The zero-order chi connectivity index (χ0) is 20.9. The van der Waals surface area contributed by atoms with Gasteiger partial charge in [-0.3, -0.25) is 10.2 Å². The molecule has 30 heavy (non-hydrogen) atoms. The first-order chi connectivity index (χ1) is 14.6. The number of hydrogen-bond donors (Lipinski definition) is 3. The van der Waals surface area contributed by atoms with Crippen molar-refractivity contribution >= 4 is 40.2 Å². The molecule has 2 aromatic heterocycles. The standard InChI is InChI=1S/C22H20N6O2/c1-2-23-22(30)26-19-12-11-18-21(25-19)27-20(14-24-18)28(15-7-4-3-5-8-15)16-9-6-10-17(29)13-16/h3-14,29H,2H2,1H3,(H2,23,25,26,27,30). The van der Waals surface area contributed by atoms with E-state index in [2.05, 4.69) is 25.6 Å². The molecule has 2 heterocycles. The summed E-state index contributed by atoms with van der Waals surface area (Å²) in [4.78, 5) is 27.2. The molecule has 0 aliphatic carbocycles. The quantitative estimate of drug-likeness (QED) is 0.460. The fraction of sp³-hybridized carbons (Fsp3) is 0.0909. The van der Waals surface area contributed by atoms with Gasteiger partial charge in [-0.1, -0.05) is 24.3 Å². The topological polar surface area (TPSA) is 103 Å². The molecular formula is C22H20N6O2. The Balaban J connectivity index is 1.78. The lowest BCUT2D eigenvalue weighted by molar-refractivity contribution is 0.252. The van der Waals surface area contributed by atoms with Crippen LogP contribution >= 0.6 is 0 Å². The lowest BCUT2D eigenvalue weighted by atomic mass is 10.2. The average molecular weight is 400 g/mol. The van der Waals surface area contributed by atoms with Crippen LogP contribution < -0.4 is 15.5 Å². The molecule has 0 aliphatic heterocycles. The number of hydrogen-bond acceptors (Lipinski definition) is 6. The van der Waals surface area contributed by atoms with Crippen molar-refractivity contribution in [1.29, 1.82) is 0 Å². The molecule has 2 aromatic carbocycles. The third kappa shape index (κ3) is 4.12. The predicted octanol–water partition coefficient (Wildman–Crippen LogP) is 4.34. The number of nitrogens with one attached hydrogen (secondary N) is 2. The fourth-order valence-corrected chi connectivity index (χ4v) is 3.01. The largest absolute Gasteiger partial charge is 0.508 e. The Labute approximate surface area is 173 Å². The molecule has 0 atom stereocenters. The summed E-state index contributed by atoms with van der Waals surface area (Å²) in [7, 11) is 0. The fourth-order valence-electron chi connectivity index (χ4n) is 3.01. The summed E-state index contributed by atoms with van der Waals surface area (Å²) in [5.41, 5.74) is 2.58. The minimum atomic E-state index is -0.334. The van der Waals surface area contributed by atoms with Crippen LogP contribution in [0.5, 0.6) is 5.75 Å². The van der Waals surface area contributed by atoms with Gasteiger partial charge in [-0.2, -0.15) is 0 Å². The number of benzene rings is 2. The number of amides is 2. The highest BCUT2D eigenvalue weighted by atomic mass is 16.3. The zero-order valence-electron chi connectivity index (χ0n) is 16.3. The number of fused-ring (bicyclic) bond motifs is 1. The molecule has 0 saturated heterocycles. The number of nitrogens with zero attached hydrogens (tertiary/aromatic N) is 4. The molecule has 0 fully saturated rings. The maximum atomic E-state index is 11.8. The summed E-state index contributed by atoms with van der Waals surface area (Å²) in [6, 6.07) is 19.7. The number of phenols is 1. The third-order valence-corrected chi connectivity index (χ3v) is 4.30. The number of pyridine rings is 1. The lowest BCUT2D eigenvalue weighted by Crippen LogP contribution is -2.28. The first kappa shape index (κ1) is 19.1. The number of para-hydroxylation sites is 1. The Kier molecular flexibility index (Phi) is 5.38. The van der Waals surface area contributed by atoms with E-state index in [-0.39, 0.29) is 11.8 Å². The van der Waals surface area contributed by atoms with E-state index < -0.39 is 0 Å². The monoisotopic (exact) mass is 400 g/mol. The molecule has 8 nitrogen and oxygen atoms in total. The van der Waals surface area contributed by atoms with Crippen molar-refractivity contribution in [1.82, 2.24) is 20.3 Å². The SMILES string of the molecule is CCNC(=O)Nc1ccc2ncc(N(c3ccccc3)c3cccc(O)c3)nc2n1. The Hall–Kier alpha value is -4.20. The summed E-state index contributed by atoms with van der Waals surface area (Å²) >= 11 is 0. The average Bonchev–Trinajstić information content (AvgIpc) is 2.75. The third-order valence-electron chi connectivity index (χ3n) is 4.30. The Morgan fingerprint density at radius 3 is 2.57 bits per heavy atom. The summed E-state index contributed by atoms with van der Waals surface area (Å²) in [6.07, 6.45) is 1.65. The van der Waals surface area contributed by atoms with Crippen LogP contribution in [0.3, 0.4) is 0 Å². The second kappa shape index (κ2) is 8.44. The number of carbonyl (C=O) groups is 1. The van der Waals surface area contributed by atoms with Gasteiger partial charge in [0.15, 0.2) is 11.5 Å². The van der Waals surface area contributed by atoms with Crippen molar-refractivity contribution in [3.8, 4) is 5.75 Å². The second-order valence-electron chi connectivity index (χ2n) is 6.44. The number of anilines is 4. The van der Waals surface area contributed by atoms with Crippen LogP contribution in [0.15, 0.2) is 72.9 Å². The van der Waals surface area contributed by atoms with E-state index in [0.717, 1.165) is 11.4 Å². The normalized spacial score (nSPS) is 10.6. The molecule has 2 amide bonds. The van der Waals surface area contributed by atoms with Gasteiger partial charge in [-0.15, -0.1) is 0 Å². The summed E-state index contributed by atoms with van der Waals surface area (Å²) in [5.74, 6) is 1.05. The molecule has 4 rings (SSSR count). The maximum absolute atomic E-state index is 11.8. The minimum Gasteiger partial charge on any atom is -0.508 e. The van der Waals surface area contributed by atoms with Gasteiger partial charge in [0.05, 0.1) is 11.9 Å². The van der Waals surface area contributed by atoms with E-state index in [1.807, 2.05) is 48.2 Å². The van der Waals surface area contributed by atoms with E-state index >= 15 is 0 Å². The summed E-state index contributed by atoms with van der Waals surface area (Å²) < 4.78 is 0. The van der Waals surface area contributed by atoms with Gasteiger partial charge in [0.2, 0.25) is 0 Å². The molecule has 0 aliphatic rings. The van der Waals surface area contributed by atoms with Crippen molar-refractivity contribution in [2.45, 2.75) is 6.92 Å². The molecule has 0 spiro atoms. The molecule has 150 valence electrons. The molecule has 0 radical (unpaired) electrons. The molecule has 0 saturated carbocycles. The summed E-state index contributed by atoms with van der Waals surface area (Å²) in [6.45, 7) is 2.35. The molecular weight excluding hydrogens is 380 g/mol. The zero-order valence-corrected chi connectivity index (χ0v) is 16.3. The predicted molar refractivity (Wildman–Crippen MR) is 116 cm³/mol. The number of aromatic hydroxyl groups is 1. The van der Waals surface area contributed by atoms with Gasteiger partial charge in [-0.25, -0.2) is 19.7 Å². The van der Waals surface area contributed by atoms with Crippen molar-refractivity contribution in [2.75, 3.05) is 16.8 Å². The van der Waals surface area contributed by atoms with E-state index in [9.17, 15) is 9.90 Å². The molecule has 0 unspecified atom stereocenters. The first-order valence-corrected chi connectivity index (χ1v) is 9.47. The van der Waals surface area contributed by atoms with Crippen LogP contribution in [0.4, 0.5) is 27.8 Å². The van der Waals surface area contributed by atoms with Gasteiger partial charge in [0, 0.05) is 18.3 Å². The van der Waals surface area contributed by atoms with Crippen molar-refractivity contribution in [2.24, 2.45) is 0 Å². The van der Waals surface area contributed by atoms with Gasteiger partial charge in [0.25, 0.3) is 0 Å². The van der Waals surface area contributed by atoms with Gasteiger partial charge in [0.1, 0.15) is 17.1 Å². The molecule has 8 heteroatoms. The van der Waals surface area contributed by atoms with Crippen molar-refractivity contribution < 1.29 is 9.90 Å². The molecule has 4 aromatic rings. The Morgan fingerprint density at radius 2 is 1.80 bits per heavy atom. The van der Waals surface area contributed by atoms with Gasteiger partial charge >= 0.3 is 6.03 Å². The van der Waals surface area contributed by atoms with Gasteiger partial charge in [-0.05, 0) is 43.3 Å². The summed E-state index contributed by atoms with van der Waals surface area (Å²) in [5, 5.41) is 15.3. The first-order valence-electron chi connectivity index (χ1n) is 9.47. The molecule has 0 bridgehead atoms. The highest BCUT2D eigenvalue weighted by Crippen LogP contribution is 2.34. The second-order valence-corrected chi connectivity index (χ2v) is 6.44. The van der Waals surface area contributed by atoms with Gasteiger partial charge < -0.3 is 10.4 Å².